The lowest BCUT2D eigenvalue weighted by Gasteiger charge is -2.25. The van der Waals surface area contributed by atoms with Gasteiger partial charge < -0.3 is 9.64 Å². The lowest BCUT2D eigenvalue weighted by molar-refractivity contribution is 0.0682. The first-order valence-corrected chi connectivity index (χ1v) is 10.2. The molecule has 1 aromatic carbocycles. The molecule has 5 rings (SSSR count). The van der Waals surface area contributed by atoms with E-state index in [1.165, 1.54) is 0 Å². The number of likely N-dealkylation sites (N-methyl/N-ethyl adjacent to an activating group) is 1. The number of pyridine rings is 1. The third-order valence-electron chi connectivity index (χ3n) is 5.46. The van der Waals surface area contributed by atoms with E-state index in [0.717, 1.165) is 35.8 Å². The van der Waals surface area contributed by atoms with E-state index >= 15 is 0 Å². The van der Waals surface area contributed by atoms with Crippen LogP contribution in [0.3, 0.4) is 0 Å². The molecule has 142 valence electrons. The number of benzene rings is 1. The summed E-state index contributed by atoms with van der Waals surface area (Å²) in [6.45, 7) is 2.35. The van der Waals surface area contributed by atoms with Gasteiger partial charge >= 0.3 is 0 Å². The molecule has 0 N–H and O–H groups in total. The Morgan fingerprint density at radius 1 is 1.21 bits per heavy atom. The molecule has 2 unspecified atom stereocenters. The van der Waals surface area contributed by atoms with Crippen molar-refractivity contribution in [2.45, 2.75) is 18.7 Å². The molecule has 6 nitrogen and oxygen atoms in total. The molecule has 1 fully saturated rings. The minimum atomic E-state index is -0.0562. The molecule has 0 aliphatic carbocycles. The molecule has 1 amide bonds. The maximum absolute atomic E-state index is 13.1. The average Bonchev–Trinajstić information content (AvgIpc) is 3.36. The molecule has 2 aromatic heterocycles. The van der Waals surface area contributed by atoms with Crippen molar-refractivity contribution in [2.75, 3.05) is 20.1 Å². The highest BCUT2D eigenvalue weighted by Gasteiger charge is 2.42. The maximum atomic E-state index is 13.1. The van der Waals surface area contributed by atoms with E-state index in [2.05, 4.69) is 14.9 Å². The number of hydrogen-bond acceptors (Lipinski definition) is 6. The van der Waals surface area contributed by atoms with E-state index in [9.17, 15) is 4.79 Å². The standard InChI is InChI=1S/C21H20N4O2S/c1-24-17-11-25(13-20-23-7-8-28-20)12-19(17)27-18-9-14(4-5-16(18)21(24)26)15-3-2-6-22-10-15/h2-10,17,19H,11-13H2,1H3. The molecule has 0 saturated carbocycles. The molecule has 0 bridgehead atoms. The number of rotatable bonds is 3. The molecule has 4 heterocycles. The number of ether oxygens (including phenoxy) is 1. The zero-order chi connectivity index (χ0) is 19.1. The number of nitrogens with zero attached hydrogens (tertiary/aromatic N) is 4. The number of thiazole rings is 1. The minimum absolute atomic E-state index is 0.0105. The Bertz CT molecular complexity index is 993. The second kappa shape index (κ2) is 7.00. The molecule has 2 aliphatic heterocycles. The van der Waals surface area contributed by atoms with Gasteiger partial charge in [-0.15, -0.1) is 11.3 Å². The summed E-state index contributed by atoms with van der Waals surface area (Å²) in [5.74, 6) is 0.665. The van der Waals surface area contributed by atoms with Crippen molar-refractivity contribution >= 4 is 17.2 Å². The molecule has 3 aromatic rings. The Morgan fingerprint density at radius 2 is 2.14 bits per heavy atom. The smallest absolute Gasteiger partial charge is 0.257 e. The molecule has 0 radical (unpaired) electrons. The van der Waals surface area contributed by atoms with Gasteiger partial charge in [-0.3, -0.25) is 14.7 Å². The summed E-state index contributed by atoms with van der Waals surface area (Å²) >= 11 is 1.66. The summed E-state index contributed by atoms with van der Waals surface area (Å²) in [5.41, 5.74) is 2.63. The molecule has 2 aliphatic rings. The number of carbonyl (C=O) groups excluding carboxylic acids is 1. The SMILES string of the molecule is CN1C(=O)c2ccc(-c3cccnc3)cc2OC2CN(Cc3nccs3)CC21. The summed E-state index contributed by atoms with van der Waals surface area (Å²) in [6.07, 6.45) is 5.35. The van der Waals surface area contributed by atoms with Crippen LogP contribution in [-0.2, 0) is 6.54 Å². The highest BCUT2D eigenvalue weighted by atomic mass is 32.1. The highest BCUT2D eigenvalue weighted by molar-refractivity contribution is 7.09. The van der Waals surface area contributed by atoms with Crippen molar-refractivity contribution in [3.8, 4) is 16.9 Å². The van der Waals surface area contributed by atoms with Crippen molar-refractivity contribution in [1.29, 1.82) is 0 Å². The van der Waals surface area contributed by atoms with Crippen LogP contribution in [0.4, 0.5) is 0 Å². The molecule has 7 heteroatoms. The Balaban J connectivity index is 1.44. The zero-order valence-corrected chi connectivity index (χ0v) is 16.3. The summed E-state index contributed by atoms with van der Waals surface area (Å²) in [4.78, 5) is 25.8. The van der Waals surface area contributed by atoms with Gasteiger partial charge in [-0.25, -0.2) is 4.98 Å². The summed E-state index contributed by atoms with van der Waals surface area (Å²) in [7, 11) is 1.88. The number of amides is 1. The van der Waals surface area contributed by atoms with Crippen LogP contribution in [0.5, 0.6) is 5.75 Å². The van der Waals surface area contributed by atoms with E-state index in [1.54, 1.807) is 17.5 Å². The second-order valence-electron chi connectivity index (χ2n) is 7.21. The Kier molecular flexibility index (Phi) is 4.33. The molecular formula is C21H20N4O2S. The topological polar surface area (TPSA) is 58.6 Å². The van der Waals surface area contributed by atoms with Gasteiger partial charge in [-0.05, 0) is 23.8 Å². The number of carbonyl (C=O) groups is 1. The number of fused-ring (bicyclic) bond motifs is 2. The molecule has 1 saturated heterocycles. The molecular weight excluding hydrogens is 372 g/mol. The van der Waals surface area contributed by atoms with Gasteiger partial charge in [0.25, 0.3) is 5.91 Å². The van der Waals surface area contributed by atoms with E-state index in [0.29, 0.717) is 11.3 Å². The van der Waals surface area contributed by atoms with Crippen LogP contribution in [0.15, 0.2) is 54.3 Å². The Labute approximate surface area is 167 Å². The zero-order valence-electron chi connectivity index (χ0n) is 15.5. The predicted octanol–water partition coefficient (Wildman–Crippen LogP) is 2.92. The third kappa shape index (κ3) is 3.06. The number of hydrogen-bond donors (Lipinski definition) is 0. The van der Waals surface area contributed by atoms with Crippen LogP contribution >= 0.6 is 11.3 Å². The summed E-state index contributed by atoms with van der Waals surface area (Å²) < 4.78 is 6.39. The lowest BCUT2D eigenvalue weighted by Crippen LogP contribution is -2.44. The molecule has 0 spiro atoms. The van der Waals surface area contributed by atoms with Crippen molar-refractivity contribution in [2.24, 2.45) is 0 Å². The third-order valence-corrected chi connectivity index (χ3v) is 6.22. The average molecular weight is 392 g/mol. The van der Waals surface area contributed by atoms with Gasteiger partial charge in [0, 0.05) is 49.7 Å². The van der Waals surface area contributed by atoms with E-state index in [1.807, 2.05) is 60.1 Å². The largest absolute Gasteiger partial charge is 0.486 e. The fraction of sp³-hybridized carbons (Fsp3) is 0.286. The maximum Gasteiger partial charge on any atom is 0.257 e. The van der Waals surface area contributed by atoms with Gasteiger partial charge in [0.05, 0.1) is 18.2 Å². The van der Waals surface area contributed by atoms with Gasteiger partial charge in [0.15, 0.2) is 0 Å². The summed E-state index contributed by atoms with van der Waals surface area (Å²) in [6, 6.07) is 9.73. The number of aromatic nitrogens is 2. The minimum Gasteiger partial charge on any atom is -0.486 e. The molecule has 2 atom stereocenters. The predicted molar refractivity (Wildman–Crippen MR) is 107 cm³/mol. The van der Waals surface area contributed by atoms with Crippen LogP contribution < -0.4 is 4.74 Å². The molecule has 28 heavy (non-hydrogen) atoms. The monoisotopic (exact) mass is 392 g/mol. The van der Waals surface area contributed by atoms with Crippen LogP contribution in [0.1, 0.15) is 15.4 Å². The van der Waals surface area contributed by atoms with Crippen LogP contribution in [0.2, 0.25) is 0 Å². The van der Waals surface area contributed by atoms with Crippen LogP contribution in [0.25, 0.3) is 11.1 Å². The number of likely N-dealkylation sites (tertiary alicyclic amines) is 1. The van der Waals surface area contributed by atoms with Gasteiger partial charge in [-0.1, -0.05) is 12.1 Å². The van der Waals surface area contributed by atoms with Gasteiger partial charge in [-0.2, -0.15) is 0 Å². The highest BCUT2D eigenvalue weighted by Crippen LogP contribution is 2.34. The quantitative estimate of drug-likeness (QED) is 0.686. The van der Waals surface area contributed by atoms with Crippen molar-refractivity contribution in [3.63, 3.8) is 0 Å². The van der Waals surface area contributed by atoms with Crippen molar-refractivity contribution in [3.05, 3.63) is 64.9 Å². The Hall–Kier alpha value is -2.77. The first-order chi connectivity index (χ1) is 13.7. The normalized spacial score (nSPS) is 21.8. The van der Waals surface area contributed by atoms with Crippen LogP contribution in [0, 0.1) is 0 Å². The fourth-order valence-corrected chi connectivity index (χ4v) is 4.64. The van der Waals surface area contributed by atoms with Crippen molar-refractivity contribution in [1.82, 2.24) is 19.8 Å². The van der Waals surface area contributed by atoms with Crippen molar-refractivity contribution < 1.29 is 9.53 Å². The second-order valence-corrected chi connectivity index (χ2v) is 8.19. The van der Waals surface area contributed by atoms with Crippen LogP contribution in [-0.4, -0.2) is 58.0 Å². The van der Waals surface area contributed by atoms with E-state index < -0.39 is 0 Å². The fourth-order valence-electron chi connectivity index (χ4n) is 3.99. The first kappa shape index (κ1) is 17.3. The Morgan fingerprint density at radius 3 is 2.93 bits per heavy atom. The first-order valence-electron chi connectivity index (χ1n) is 9.28. The van der Waals surface area contributed by atoms with E-state index in [-0.39, 0.29) is 18.1 Å². The van der Waals surface area contributed by atoms with Gasteiger partial charge in [0.1, 0.15) is 16.9 Å². The van der Waals surface area contributed by atoms with Gasteiger partial charge in [0.2, 0.25) is 0 Å². The van der Waals surface area contributed by atoms with E-state index in [4.69, 9.17) is 4.74 Å². The summed E-state index contributed by atoms with van der Waals surface area (Å²) in [5, 5.41) is 3.08. The lowest BCUT2D eigenvalue weighted by atomic mass is 10.0.